The summed E-state index contributed by atoms with van der Waals surface area (Å²) >= 11 is 0. The van der Waals surface area contributed by atoms with Crippen LogP contribution in [0.4, 0.5) is 8.78 Å². The van der Waals surface area contributed by atoms with Crippen LogP contribution < -0.4 is 287 Å². The van der Waals surface area contributed by atoms with Crippen LogP contribution in [0.1, 0.15) is 0 Å². The molecule has 33 heteroatoms. The Morgan fingerprint density at radius 3 is 0.611 bits per heavy atom. The zero-order chi connectivity index (χ0) is 21.1. The third-order valence-electron chi connectivity index (χ3n) is 0.505. The molecular formula is C3H4B4F2Li12O15. The van der Waals surface area contributed by atoms with E-state index in [2.05, 4.69) is 0 Å². The topological polar surface area (TPSA) is 334 Å². The maximum Gasteiger partial charge on any atom is 1.00 e. The average Bonchev–Trinajstić information content (AvgIpc) is 2.25. The van der Waals surface area contributed by atoms with Crippen LogP contribution in [-0.4, -0.2) is 58.0 Å². The van der Waals surface area contributed by atoms with Gasteiger partial charge in [-0.25, -0.2) is 9.18 Å². The Labute approximate surface area is 352 Å². The molecule has 0 radical (unpaired) electrons. The van der Waals surface area contributed by atoms with E-state index < -0.39 is 47.8 Å². The summed E-state index contributed by atoms with van der Waals surface area (Å²) in [7, 11) is -11.7. The van der Waals surface area contributed by atoms with Crippen molar-refractivity contribution in [2.24, 2.45) is 0 Å². The summed E-state index contributed by atoms with van der Waals surface area (Å²) in [6, 6.07) is 0. The monoisotopic (exact) mass is 446 g/mol. The Morgan fingerprint density at radius 1 is 0.528 bits per heavy atom. The molecular weight excluding hydrogens is 441 g/mol. The molecule has 0 aromatic rings. The molecule has 144 valence electrons. The molecule has 2 N–H and O–H groups in total. The van der Waals surface area contributed by atoms with Crippen LogP contribution in [0.5, 0.6) is 0 Å². The van der Waals surface area contributed by atoms with Crippen molar-refractivity contribution in [3.8, 4) is 0 Å². The van der Waals surface area contributed by atoms with E-state index in [-0.39, 0.29) is 226 Å². The van der Waals surface area contributed by atoms with Gasteiger partial charge in [0.1, 0.15) is 0 Å². The van der Waals surface area contributed by atoms with E-state index in [1.165, 1.54) is 0 Å². The van der Waals surface area contributed by atoms with Gasteiger partial charge < -0.3 is 70.5 Å². The van der Waals surface area contributed by atoms with Gasteiger partial charge in [0.25, 0.3) is 0 Å². The standard InChI is InChI=1S/C3H4F2O3.4BO3.12Li/c4-1-3(5,8)2(6)7;4*2-1(3)4;;;;;;;;;;;;/h8H,1H2,(H,6,7);;;;;;;;;;;;;;;;/q;4*-3;12*+1. The summed E-state index contributed by atoms with van der Waals surface area (Å²) in [6.07, 6.45) is 0. The number of carboxylic acid groups (broad SMARTS) is 1. The quantitative estimate of drug-likeness (QED) is 0.373. The van der Waals surface area contributed by atoms with E-state index in [0.717, 1.165) is 0 Å². The fourth-order valence-electron chi connectivity index (χ4n) is 0.0572. The van der Waals surface area contributed by atoms with Crippen molar-refractivity contribution in [3.63, 3.8) is 0 Å². The van der Waals surface area contributed by atoms with E-state index >= 15 is 0 Å². The Kier molecular flexibility index (Phi) is 262. The number of hydrogen-bond donors (Lipinski definition) is 2. The van der Waals surface area contributed by atoms with Gasteiger partial charge in [0.2, 0.25) is 0 Å². The molecule has 0 aromatic heterocycles. The van der Waals surface area contributed by atoms with Gasteiger partial charge in [0, 0.05) is 0 Å². The number of alkyl halides is 2. The van der Waals surface area contributed by atoms with Gasteiger partial charge in [-0.15, -0.1) is 0 Å². The number of hydrogen-bond acceptors (Lipinski definition) is 14. The SMILES string of the molecule is O=C(O)C(O)(F)CF.[Li+].[Li+].[Li+].[Li+].[Li+].[Li+].[Li+].[Li+].[Li+].[Li+].[Li+].[Li+].[O-]B([O-])[O-].[O-]B([O-])[O-].[O-]B([O-])[O-].[O-]B([O-])[O-]. The fourth-order valence-corrected chi connectivity index (χ4v) is 0.0572. The van der Waals surface area contributed by atoms with Crippen molar-refractivity contribution >= 4 is 35.3 Å². The van der Waals surface area contributed by atoms with Crippen LogP contribution in [0.3, 0.4) is 0 Å². The summed E-state index contributed by atoms with van der Waals surface area (Å²) in [6.45, 7) is -1.93. The Morgan fingerprint density at radius 2 is 0.611 bits per heavy atom. The molecule has 0 aliphatic rings. The second kappa shape index (κ2) is 83.7. The van der Waals surface area contributed by atoms with Crippen LogP contribution >= 0.6 is 0 Å². The smallest absolute Gasteiger partial charge is 0.907 e. The molecule has 0 rings (SSSR count). The summed E-state index contributed by atoms with van der Waals surface area (Å²) in [4.78, 5) is 9.39. The number of aliphatic carboxylic acids is 1. The minimum Gasteiger partial charge on any atom is -0.907 e. The first-order chi connectivity index (χ1) is 10.4. The molecule has 0 heterocycles. The molecule has 1 atom stereocenters. The van der Waals surface area contributed by atoms with Crippen molar-refractivity contribution in [1.29, 1.82) is 0 Å². The van der Waals surface area contributed by atoms with Crippen molar-refractivity contribution in [1.82, 2.24) is 0 Å². The van der Waals surface area contributed by atoms with Gasteiger partial charge in [-0.3, -0.25) is 29.3 Å². The molecule has 1 unspecified atom stereocenters. The maximum absolute atomic E-state index is 11.5. The van der Waals surface area contributed by atoms with E-state index in [1.54, 1.807) is 0 Å². The average molecular weight is 445 g/mol. The summed E-state index contributed by atoms with van der Waals surface area (Å²) in [5.41, 5.74) is 0. The molecule has 0 bridgehead atoms. The second-order valence-corrected chi connectivity index (χ2v) is 2.35. The van der Waals surface area contributed by atoms with Gasteiger partial charge in [-0.05, 0) is 0 Å². The zero-order valence-electron chi connectivity index (χ0n) is 23.0. The first-order valence-electron chi connectivity index (χ1n) is 4.54. The predicted octanol–water partition coefficient (Wildman–Crippen LogP) is -52.0. The summed E-state index contributed by atoms with van der Waals surface area (Å²) in [5.74, 6) is -5.92. The van der Waals surface area contributed by atoms with Crippen molar-refractivity contribution in [3.05, 3.63) is 0 Å². The number of aliphatic hydroxyl groups is 1. The van der Waals surface area contributed by atoms with Crippen LogP contribution in [0.2, 0.25) is 0 Å². The van der Waals surface area contributed by atoms with Crippen LogP contribution in [0.15, 0.2) is 0 Å². The Bertz CT molecular complexity index is 251. The van der Waals surface area contributed by atoms with Gasteiger partial charge in [-0.1, -0.05) is 0 Å². The second-order valence-electron chi connectivity index (χ2n) is 2.35. The first kappa shape index (κ1) is 113. The van der Waals surface area contributed by atoms with Crippen LogP contribution in [0, 0.1) is 0 Å². The molecule has 0 aromatic carbocycles. The van der Waals surface area contributed by atoms with E-state index in [1.807, 2.05) is 0 Å². The minimum absolute atomic E-state index is 0. The van der Waals surface area contributed by atoms with E-state index in [4.69, 9.17) is 70.5 Å². The third-order valence-corrected chi connectivity index (χ3v) is 0.505. The van der Waals surface area contributed by atoms with Crippen LogP contribution in [0.25, 0.3) is 0 Å². The summed E-state index contributed by atoms with van der Waals surface area (Å²) in [5, 5.41) is 116. The molecule has 0 saturated carbocycles. The van der Waals surface area contributed by atoms with Crippen molar-refractivity contribution < 1.29 is 310 Å². The van der Waals surface area contributed by atoms with Gasteiger partial charge >= 0.3 is 238 Å². The van der Waals surface area contributed by atoms with E-state index in [9.17, 15) is 13.6 Å². The fraction of sp³-hybridized carbons (Fsp3) is 0.667. The minimum atomic E-state index is -3.71. The largest absolute Gasteiger partial charge is 1.00 e. The van der Waals surface area contributed by atoms with Gasteiger partial charge in [-0.2, -0.15) is 4.39 Å². The van der Waals surface area contributed by atoms with Gasteiger partial charge in [0.15, 0.2) is 6.67 Å². The molecule has 36 heavy (non-hydrogen) atoms. The molecule has 0 fully saturated rings. The first-order valence-corrected chi connectivity index (χ1v) is 4.54. The molecule has 15 nitrogen and oxygen atoms in total. The summed E-state index contributed by atoms with van der Waals surface area (Å²) < 4.78 is 22.5. The molecule has 0 saturated heterocycles. The molecule has 0 aliphatic carbocycles. The zero-order valence-corrected chi connectivity index (χ0v) is 23.0. The van der Waals surface area contributed by atoms with Crippen LogP contribution in [-0.2, 0) is 4.79 Å². The number of carbonyl (C=O) groups is 1. The number of halogens is 2. The Balaban J connectivity index is -0.00000000792. The Hall–Kier alpha value is 6.24. The van der Waals surface area contributed by atoms with E-state index in [0.29, 0.717) is 0 Å². The van der Waals surface area contributed by atoms with Gasteiger partial charge in [0.05, 0.1) is 0 Å². The number of carboxylic acids is 1. The van der Waals surface area contributed by atoms with Crippen molar-refractivity contribution in [2.45, 2.75) is 5.85 Å². The predicted molar refractivity (Wildman–Crippen MR) is 42.7 cm³/mol. The van der Waals surface area contributed by atoms with Crippen molar-refractivity contribution in [2.75, 3.05) is 6.67 Å². The third kappa shape index (κ3) is 267. The molecule has 0 spiro atoms. The maximum atomic E-state index is 11.5. The normalized spacial score (nSPS) is 6.86. The molecule has 0 amide bonds. The number of rotatable bonds is 2. The molecule has 0 aliphatic heterocycles.